The van der Waals surface area contributed by atoms with E-state index in [0.29, 0.717) is 10.8 Å². The van der Waals surface area contributed by atoms with Crippen LogP contribution in [0.4, 0.5) is 0 Å². The molecule has 1 spiro atoms. The summed E-state index contributed by atoms with van der Waals surface area (Å²) in [6.07, 6.45) is 2.76. The second-order valence-corrected chi connectivity index (χ2v) is 7.43. The second-order valence-electron chi connectivity index (χ2n) is 7.43. The highest BCUT2D eigenvalue weighted by Gasteiger charge is 2.51. The van der Waals surface area contributed by atoms with Crippen molar-refractivity contribution < 1.29 is 0 Å². The lowest BCUT2D eigenvalue weighted by Gasteiger charge is -2.61. The third-order valence-corrected chi connectivity index (χ3v) is 5.13. The molecule has 3 heteroatoms. The molecule has 0 saturated carbocycles. The molecule has 0 aromatic rings. The maximum Gasteiger partial charge on any atom is 0.0212 e. The van der Waals surface area contributed by atoms with Gasteiger partial charge in [-0.25, -0.2) is 0 Å². The van der Waals surface area contributed by atoms with Gasteiger partial charge in [0.05, 0.1) is 0 Å². The molecule has 3 heterocycles. The van der Waals surface area contributed by atoms with Crippen molar-refractivity contribution in [2.45, 2.75) is 33.6 Å². The third-order valence-electron chi connectivity index (χ3n) is 5.13. The van der Waals surface area contributed by atoms with Crippen LogP contribution in [0.5, 0.6) is 0 Å². The summed E-state index contributed by atoms with van der Waals surface area (Å²) in [4.78, 5) is 7.63. The van der Waals surface area contributed by atoms with Crippen molar-refractivity contribution in [3.8, 4) is 0 Å². The van der Waals surface area contributed by atoms with E-state index >= 15 is 0 Å². The highest BCUT2D eigenvalue weighted by molar-refractivity contribution is 5.05. The summed E-state index contributed by atoms with van der Waals surface area (Å²) < 4.78 is 0. The minimum Gasteiger partial charge on any atom is -0.306 e. The first-order chi connectivity index (χ1) is 8.99. The van der Waals surface area contributed by atoms with E-state index in [1.165, 1.54) is 58.7 Å². The molecule has 3 fully saturated rings. The van der Waals surface area contributed by atoms with Crippen LogP contribution in [-0.4, -0.2) is 74.6 Å². The first-order valence-corrected chi connectivity index (χ1v) is 8.08. The molecule has 0 N–H and O–H groups in total. The fraction of sp³-hybridized carbons (Fsp3) is 1.00. The predicted molar refractivity (Wildman–Crippen MR) is 82.6 cm³/mol. The molecule has 3 nitrogen and oxygen atoms in total. The van der Waals surface area contributed by atoms with Gasteiger partial charge in [-0.1, -0.05) is 20.8 Å². The highest BCUT2D eigenvalue weighted by Crippen LogP contribution is 2.41. The Bertz CT molecular complexity index is 280. The molecule has 19 heavy (non-hydrogen) atoms. The van der Waals surface area contributed by atoms with Crippen LogP contribution >= 0.6 is 0 Å². The van der Waals surface area contributed by atoms with Crippen molar-refractivity contribution >= 4 is 0 Å². The normalized spacial score (nSPS) is 30.2. The van der Waals surface area contributed by atoms with E-state index in [0.717, 1.165) is 0 Å². The molecule has 0 unspecified atom stereocenters. The van der Waals surface area contributed by atoms with Crippen molar-refractivity contribution in [2.75, 3.05) is 59.9 Å². The van der Waals surface area contributed by atoms with Crippen LogP contribution in [0, 0.1) is 10.8 Å². The van der Waals surface area contributed by atoms with Crippen LogP contribution < -0.4 is 0 Å². The van der Waals surface area contributed by atoms with Crippen LogP contribution in [0.25, 0.3) is 0 Å². The van der Waals surface area contributed by atoms with Gasteiger partial charge >= 0.3 is 0 Å². The molecule has 0 atom stereocenters. The molecule has 0 radical (unpaired) electrons. The zero-order valence-electron chi connectivity index (χ0n) is 13.7. The largest absolute Gasteiger partial charge is 0.306 e. The van der Waals surface area contributed by atoms with Gasteiger partial charge in [0.2, 0.25) is 0 Å². The van der Waals surface area contributed by atoms with Gasteiger partial charge in [0.25, 0.3) is 0 Å². The molecular weight excluding hydrogens is 234 g/mol. The first-order valence-electron chi connectivity index (χ1n) is 8.08. The van der Waals surface area contributed by atoms with E-state index in [1.54, 1.807) is 0 Å². The maximum absolute atomic E-state index is 2.71. The molecule has 0 amide bonds. The fourth-order valence-corrected chi connectivity index (χ4v) is 4.17. The van der Waals surface area contributed by atoms with Gasteiger partial charge in [0.1, 0.15) is 0 Å². The number of piperidine rings is 1. The van der Waals surface area contributed by atoms with Gasteiger partial charge in [-0.2, -0.15) is 0 Å². The Balaban J connectivity index is 0.000000637. The van der Waals surface area contributed by atoms with Crippen molar-refractivity contribution in [1.29, 1.82) is 0 Å². The summed E-state index contributed by atoms with van der Waals surface area (Å²) in [6.45, 7) is 15.8. The van der Waals surface area contributed by atoms with Crippen molar-refractivity contribution in [1.82, 2.24) is 14.7 Å². The topological polar surface area (TPSA) is 9.72 Å². The zero-order chi connectivity index (χ0) is 14.1. The van der Waals surface area contributed by atoms with Crippen molar-refractivity contribution in [2.24, 2.45) is 10.8 Å². The number of rotatable bonds is 2. The van der Waals surface area contributed by atoms with E-state index < -0.39 is 0 Å². The molecule has 3 aliphatic heterocycles. The number of hydrogen-bond donors (Lipinski definition) is 0. The summed E-state index contributed by atoms with van der Waals surface area (Å²) in [5, 5.41) is 0. The molecule has 3 rings (SSSR count). The fourth-order valence-electron chi connectivity index (χ4n) is 4.17. The smallest absolute Gasteiger partial charge is 0.0212 e. The Kier molecular flexibility index (Phi) is 4.59. The van der Waals surface area contributed by atoms with Gasteiger partial charge in [-0.3, -0.25) is 0 Å². The quantitative estimate of drug-likeness (QED) is 0.757. The van der Waals surface area contributed by atoms with Crippen LogP contribution in [0.3, 0.4) is 0 Å². The molecule has 0 bridgehead atoms. The third kappa shape index (κ3) is 3.32. The molecule has 3 saturated heterocycles. The van der Waals surface area contributed by atoms with Gasteiger partial charge in [-0.15, -0.1) is 0 Å². The predicted octanol–water partition coefficient (Wildman–Crippen LogP) is 1.99. The van der Waals surface area contributed by atoms with E-state index in [-0.39, 0.29) is 0 Å². The van der Waals surface area contributed by atoms with Gasteiger partial charge in [-0.05, 0) is 45.4 Å². The molecule has 3 aliphatic rings. The standard InChI is InChI=1S/C14H27N3.C2H6/c1-13(4-6-15(2)7-5-13)8-17-11-14(12-17)9-16(3)10-14;1-2/h4-12H2,1-3H3;1-2H3. The van der Waals surface area contributed by atoms with Crippen LogP contribution in [0.2, 0.25) is 0 Å². The molecular formula is C16H33N3. The number of likely N-dealkylation sites (tertiary alicyclic amines) is 3. The first kappa shape index (κ1) is 15.3. The highest BCUT2D eigenvalue weighted by atomic mass is 15.3. The molecule has 0 aromatic heterocycles. The Morgan fingerprint density at radius 2 is 1.37 bits per heavy atom. The van der Waals surface area contributed by atoms with Crippen LogP contribution in [-0.2, 0) is 0 Å². The van der Waals surface area contributed by atoms with Gasteiger partial charge in [0.15, 0.2) is 0 Å². The molecule has 112 valence electrons. The Morgan fingerprint density at radius 3 is 1.84 bits per heavy atom. The summed E-state index contributed by atoms with van der Waals surface area (Å²) >= 11 is 0. The van der Waals surface area contributed by atoms with Crippen molar-refractivity contribution in [3.05, 3.63) is 0 Å². The number of nitrogens with zero attached hydrogens (tertiary/aromatic N) is 3. The summed E-state index contributed by atoms with van der Waals surface area (Å²) in [7, 11) is 4.49. The molecule has 0 aromatic carbocycles. The maximum atomic E-state index is 2.71. The SMILES string of the molecule is CC.CN1CCC(C)(CN2CC3(CN(C)C3)C2)CC1. The summed E-state index contributed by atoms with van der Waals surface area (Å²) in [5.74, 6) is 0. The van der Waals surface area contributed by atoms with E-state index in [4.69, 9.17) is 0 Å². The summed E-state index contributed by atoms with van der Waals surface area (Å²) in [5.41, 5.74) is 1.29. The summed E-state index contributed by atoms with van der Waals surface area (Å²) in [6, 6.07) is 0. The van der Waals surface area contributed by atoms with Crippen LogP contribution in [0.1, 0.15) is 33.6 Å². The van der Waals surface area contributed by atoms with E-state index in [2.05, 4.69) is 35.7 Å². The van der Waals surface area contributed by atoms with Crippen molar-refractivity contribution in [3.63, 3.8) is 0 Å². The minimum absolute atomic E-state index is 0.587. The molecule has 0 aliphatic carbocycles. The average molecular weight is 267 g/mol. The second kappa shape index (κ2) is 5.71. The Morgan fingerprint density at radius 1 is 0.842 bits per heavy atom. The number of hydrogen-bond acceptors (Lipinski definition) is 3. The van der Waals surface area contributed by atoms with Crippen LogP contribution in [0.15, 0.2) is 0 Å². The average Bonchev–Trinajstić information content (AvgIpc) is 2.32. The van der Waals surface area contributed by atoms with E-state index in [9.17, 15) is 0 Å². The van der Waals surface area contributed by atoms with Gasteiger partial charge in [0, 0.05) is 38.1 Å². The lowest BCUT2D eigenvalue weighted by atomic mass is 9.71. The zero-order valence-corrected chi connectivity index (χ0v) is 13.7. The monoisotopic (exact) mass is 267 g/mol. The lowest BCUT2D eigenvalue weighted by molar-refractivity contribution is -0.118. The lowest BCUT2D eigenvalue weighted by Crippen LogP contribution is -2.72. The Hall–Kier alpha value is -0.120. The minimum atomic E-state index is 0.587. The van der Waals surface area contributed by atoms with Gasteiger partial charge < -0.3 is 14.7 Å². The Labute approximate surface area is 119 Å². The van der Waals surface area contributed by atoms with E-state index in [1.807, 2.05) is 13.8 Å².